The summed E-state index contributed by atoms with van der Waals surface area (Å²) in [5.74, 6) is -0.252. The molecule has 7 nitrogen and oxygen atoms in total. The van der Waals surface area contributed by atoms with Gasteiger partial charge in [-0.05, 0) is 55.8 Å². The van der Waals surface area contributed by atoms with E-state index in [2.05, 4.69) is 10.6 Å². The fraction of sp³-hybridized carbons (Fsp3) is 0.190. The fourth-order valence-electron chi connectivity index (χ4n) is 2.30. The monoisotopic (exact) mass is 382 g/mol. The lowest BCUT2D eigenvalue weighted by molar-refractivity contribution is -0.116. The highest BCUT2D eigenvalue weighted by Gasteiger charge is 2.11. The molecule has 0 aromatic heterocycles. The Bertz CT molecular complexity index is 859. The Balaban J connectivity index is 2.02. The lowest BCUT2D eigenvalue weighted by Gasteiger charge is -2.12. The number of anilines is 1. The Kier molecular flexibility index (Phi) is 7.77. The van der Waals surface area contributed by atoms with Gasteiger partial charge in [0, 0.05) is 17.8 Å². The second kappa shape index (κ2) is 10.5. The van der Waals surface area contributed by atoms with E-state index in [9.17, 15) is 14.4 Å². The molecule has 0 spiro atoms. The van der Waals surface area contributed by atoms with Crippen LogP contribution in [0.5, 0.6) is 5.75 Å². The third-order valence-electron chi connectivity index (χ3n) is 3.62. The third-order valence-corrected chi connectivity index (χ3v) is 3.62. The summed E-state index contributed by atoms with van der Waals surface area (Å²) in [6.45, 7) is 3.94. The first-order valence-corrected chi connectivity index (χ1v) is 8.78. The molecule has 2 aromatic carbocycles. The molecule has 2 aromatic rings. The van der Waals surface area contributed by atoms with Gasteiger partial charge in [-0.2, -0.15) is 0 Å². The molecule has 0 aliphatic heterocycles. The number of carbonyl (C=O) groups is 3. The predicted octanol–water partition coefficient (Wildman–Crippen LogP) is 3.67. The Labute approximate surface area is 163 Å². The summed E-state index contributed by atoms with van der Waals surface area (Å²) >= 11 is 0. The minimum absolute atomic E-state index is 0.208. The molecule has 0 radical (unpaired) electrons. The van der Waals surface area contributed by atoms with E-state index in [-0.39, 0.29) is 30.7 Å². The van der Waals surface area contributed by atoms with Crippen LogP contribution in [0, 0.1) is 0 Å². The van der Waals surface area contributed by atoms with E-state index in [0.717, 1.165) is 5.56 Å². The summed E-state index contributed by atoms with van der Waals surface area (Å²) in [5.41, 5.74) is 1.76. The number of hydrogen-bond donors (Lipinski definition) is 2. The molecule has 7 heteroatoms. The highest BCUT2D eigenvalue weighted by atomic mass is 16.7. The molecule has 2 rings (SSSR count). The zero-order valence-corrected chi connectivity index (χ0v) is 15.7. The molecule has 146 valence electrons. The minimum Gasteiger partial charge on any atom is -0.434 e. The zero-order valence-electron chi connectivity index (χ0n) is 15.7. The molecule has 28 heavy (non-hydrogen) atoms. The van der Waals surface area contributed by atoms with Crippen LogP contribution in [0.2, 0.25) is 0 Å². The van der Waals surface area contributed by atoms with E-state index >= 15 is 0 Å². The normalized spacial score (nSPS) is 10.4. The summed E-state index contributed by atoms with van der Waals surface area (Å²) in [4.78, 5) is 35.4. The second-order valence-corrected chi connectivity index (χ2v) is 5.64. The van der Waals surface area contributed by atoms with E-state index < -0.39 is 6.16 Å². The first kappa shape index (κ1) is 20.7. The van der Waals surface area contributed by atoms with Crippen LogP contribution in [-0.2, 0) is 16.1 Å². The van der Waals surface area contributed by atoms with Crippen molar-refractivity contribution in [2.45, 2.75) is 20.4 Å². The van der Waals surface area contributed by atoms with Crippen LogP contribution >= 0.6 is 0 Å². The van der Waals surface area contributed by atoms with Crippen LogP contribution in [0.3, 0.4) is 0 Å². The molecule has 0 saturated carbocycles. The lowest BCUT2D eigenvalue weighted by Crippen LogP contribution is -2.22. The number of nitrogens with one attached hydrogen (secondary N) is 2. The van der Waals surface area contributed by atoms with Crippen molar-refractivity contribution in [2.24, 2.45) is 0 Å². The molecular formula is C21H22N2O5. The Morgan fingerprint density at radius 1 is 1.04 bits per heavy atom. The Morgan fingerprint density at radius 2 is 1.75 bits per heavy atom. The van der Waals surface area contributed by atoms with Gasteiger partial charge in [0.15, 0.2) is 0 Å². The number of carbonyl (C=O) groups excluding carboxylic acids is 3. The van der Waals surface area contributed by atoms with Crippen LogP contribution in [0.25, 0.3) is 0 Å². The first-order valence-electron chi connectivity index (χ1n) is 8.78. The number of rotatable bonds is 7. The molecule has 0 aliphatic rings. The largest absolute Gasteiger partial charge is 0.513 e. The maximum absolute atomic E-state index is 12.5. The molecule has 2 amide bonds. The van der Waals surface area contributed by atoms with Crippen molar-refractivity contribution < 1.29 is 23.9 Å². The van der Waals surface area contributed by atoms with Gasteiger partial charge in [0.25, 0.3) is 5.91 Å². The van der Waals surface area contributed by atoms with Gasteiger partial charge in [0.1, 0.15) is 5.75 Å². The van der Waals surface area contributed by atoms with E-state index in [0.29, 0.717) is 11.3 Å². The van der Waals surface area contributed by atoms with E-state index in [1.807, 2.05) is 12.1 Å². The maximum Gasteiger partial charge on any atom is 0.513 e. The Hall–Kier alpha value is -3.61. The number of ether oxygens (including phenoxy) is 2. The highest BCUT2D eigenvalue weighted by Crippen LogP contribution is 2.18. The molecule has 0 atom stereocenters. The summed E-state index contributed by atoms with van der Waals surface area (Å²) in [6, 6.07) is 13.3. The van der Waals surface area contributed by atoms with Gasteiger partial charge < -0.3 is 20.1 Å². The van der Waals surface area contributed by atoms with E-state index in [4.69, 9.17) is 9.47 Å². The number of allylic oxidation sites excluding steroid dienone is 1. The SMILES string of the molecule is C/C=C/C(=O)NCc1ccccc1NC(=O)c1ccc(OC(=O)OCC)cc1. The third kappa shape index (κ3) is 6.28. The van der Waals surface area contributed by atoms with Crippen LogP contribution in [0.4, 0.5) is 10.5 Å². The van der Waals surface area contributed by atoms with Crippen molar-refractivity contribution in [1.82, 2.24) is 5.32 Å². The van der Waals surface area contributed by atoms with Gasteiger partial charge in [-0.1, -0.05) is 24.3 Å². The van der Waals surface area contributed by atoms with Crippen molar-refractivity contribution >= 4 is 23.7 Å². The van der Waals surface area contributed by atoms with Crippen LogP contribution in [0.15, 0.2) is 60.7 Å². The molecule has 0 fully saturated rings. The van der Waals surface area contributed by atoms with Crippen molar-refractivity contribution in [3.63, 3.8) is 0 Å². The maximum atomic E-state index is 12.5. The summed E-state index contributed by atoms with van der Waals surface area (Å²) < 4.78 is 9.66. The number of para-hydroxylation sites is 1. The standard InChI is InChI=1S/C21H22N2O5/c1-3-7-19(24)22-14-16-8-5-6-9-18(16)23-20(25)15-10-12-17(13-11-15)28-21(26)27-4-2/h3,5-13H,4,14H2,1-2H3,(H,22,24)(H,23,25)/b7-3+. The highest BCUT2D eigenvalue weighted by molar-refractivity contribution is 6.04. The lowest BCUT2D eigenvalue weighted by atomic mass is 10.1. The van der Waals surface area contributed by atoms with Crippen LogP contribution in [0.1, 0.15) is 29.8 Å². The van der Waals surface area contributed by atoms with Gasteiger partial charge >= 0.3 is 6.16 Å². The number of hydrogen-bond acceptors (Lipinski definition) is 5. The summed E-state index contributed by atoms with van der Waals surface area (Å²) in [7, 11) is 0. The van der Waals surface area contributed by atoms with E-state index in [1.54, 1.807) is 44.2 Å². The molecular weight excluding hydrogens is 360 g/mol. The predicted molar refractivity (Wildman–Crippen MR) is 105 cm³/mol. The number of amides is 2. The Morgan fingerprint density at radius 3 is 2.43 bits per heavy atom. The smallest absolute Gasteiger partial charge is 0.434 e. The van der Waals surface area contributed by atoms with E-state index in [1.165, 1.54) is 18.2 Å². The minimum atomic E-state index is -0.798. The number of benzene rings is 2. The molecule has 0 aliphatic carbocycles. The molecule has 0 saturated heterocycles. The van der Waals surface area contributed by atoms with Gasteiger partial charge in [0.05, 0.1) is 6.61 Å². The second-order valence-electron chi connectivity index (χ2n) is 5.64. The molecule has 0 unspecified atom stereocenters. The summed E-state index contributed by atoms with van der Waals surface area (Å²) in [5, 5.41) is 5.57. The van der Waals surface area contributed by atoms with Crippen molar-refractivity contribution in [2.75, 3.05) is 11.9 Å². The summed E-state index contributed by atoms with van der Waals surface area (Å²) in [6.07, 6.45) is 2.29. The van der Waals surface area contributed by atoms with Gasteiger partial charge in [-0.3, -0.25) is 9.59 Å². The van der Waals surface area contributed by atoms with Crippen molar-refractivity contribution in [1.29, 1.82) is 0 Å². The first-order chi connectivity index (χ1) is 13.5. The van der Waals surface area contributed by atoms with Crippen LogP contribution < -0.4 is 15.4 Å². The van der Waals surface area contributed by atoms with Gasteiger partial charge in [-0.15, -0.1) is 0 Å². The molecule has 0 heterocycles. The van der Waals surface area contributed by atoms with Gasteiger partial charge in [-0.25, -0.2) is 4.79 Å². The topological polar surface area (TPSA) is 93.7 Å². The average molecular weight is 382 g/mol. The molecule has 2 N–H and O–H groups in total. The zero-order chi connectivity index (χ0) is 20.4. The van der Waals surface area contributed by atoms with Crippen molar-refractivity contribution in [3.05, 3.63) is 71.8 Å². The average Bonchev–Trinajstić information content (AvgIpc) is 2.68. The quantitative estimate of drug-likeness (QED) is 0.433. The van der Waals surface area contributed by atoms with Crippen LogP contribution in [-0.4, -0.2) is 24.6 Å². The fourth-order valence-corrected chi connectivity index (χ4v) is 2.30. The van der Waals surface area contributed by atoms with Gasteiger partial charge in [0.2, 0.25) is 5.91 Å². The van der Waals surface area contributed by atoms with Crippen molar-refractivity contribution in [3.8, 4) is 5.75 Å². The molecule has 0 bridgehead atoms.